The molecule has 0 spiro atoms. The fourth-order valence-electron chi connectivity index (χ4n) is 9.00. The Morgan fingerprint density at radius 3 is 2.54 bits per heavy atom. The zero-order valence-electron chi connectivity index (χ0n) is 31.5. The van der Waals surface area contributed by atoms with Gasteiger partial charge in [-0.2, -0.15) is 11.8 Å². The number of aryl methyl sites for hydroxylation is 1. The number of alkyl carbamates (subject to hydrolysis) is 1. The van der Waals surface area contributed by atoms with Gasteiger partial charge in [0.15, 0.2) is 23.0 Å². The average Bonchev–Trinajstić information content (AvgIpc) is 3.65. The van der Waals surface area contributed by atoms with Crippen molar-refractivity contribution in [2.24, 2.45) is 0 Å². The van der Waals surface area contributed by atoms with Gasteiger partial charge in [0.25, 0.3) is 5.91 Å². The zero-order valence-corrected chi connectivity index (χ0v) is 32.4. The number of nitrogens with zero attached hydrogens (tertiary/aromatic N) is 2. The van der Waals surface area contributed by atoms with E-state index >= 15 is 0 Å². The van der Waals surface area contributed by atoms with Crippen molar-refractivity contribution >= 4 is 40.7 Å². The van der Waals surface area contributed by atoms with Crippen LogP contribution in [0.4, 0.5) is 4.79 Å². The first-order chi connectivity index (χ1) is 26.9. The highest BCUT2D eigenvalue weighted by Gasteiger charge is 2.60. The summed E-state index contributed by atoms with van der Waals surface area (Å²) in [7, 11) is 3.40. The number of imide groups is 1. The van der Waals surface area contributed by atoms with Crippen molar-refractivity contribution in [3.8, 4) is 28.7 Å². The van der Waals surface area contributed by atoms with Crippen LogP contribution in [0.25, 0.3) is 11.0 Å². The maximum absolute atomic E-state index is 13.5. The number of carbonyl (C=O) groups is 3. The summed E-state index contributed by atoms with van der Waals surface area (Å²) in [6, 6.07) is 7.37. The summed E-state index contributed by atoms with van der Waals surface area (Å²) >= 11 is 1.57. The second-order valence-corrected chi connectivity index (χ2v) is 15.7. The summed E-state index contributed by atoms with van der Waals surface area (Å²) in [5.74, 6) is 0.312. The number of aliphatic hydroxyl groups excluding tert-OH is 1. The molecule has 8 rings (SSSR count). The maximum atomic E-state index is 13.5. The van der Waals surface area contributed by atoms with E-state index in [9.17, 15) is 29.4 Å². The van der Waals surface area contributed by atoms with Crippen LogP contribution in [0.15, 0.2) is 45.6 Å². The van der Waals surface area contributed by atoms with Gasteiger partial charge in [-0.15, -0.1) is 0 Å². The molecule has 4 aliphatic heterocycles. The number of thioether (sulfide) groups is 1. The van der Waals surface area contributed by atoms with Gasteiger partial charge in [0.2, 0.25) is 6.79 Å². The number of carbonyl (C=O) groups excluding carboxylic acids is 3. The molecule has 3 aromatic carbocycles. The molecule has 1 aromatic heterocycles. The van der Waals surface area contributed by atoms with Gasteiger partial charge in [-0.1, -0.05) is 31.2 Å². The Morgan fingerprint density at radius 1 is 1.05 bits per heavy atom. The van der Waals surface area contributed by atoms with Crippen molar-refractivity contribution in [1.82, 2.24) is 15.1 Å². The van der Waals surface area contributed by atoms with E-state index < -0.39 is 65.8 Å². The molecule has 2 bridgehead atoms. The van der Waals surface area contributed by atoms with Crippen molar-refractivity contribution in [3.05, 3.63) is 85.8 Å². The van der Waals surface area contributed by atoms with Gasteiger partial charge in [0.05, 0.1) is 30.5 Å². The van der Waals surface area contributed by atoms with E-state index in [1.807, 2.05) is 31.9 Å². The third-order valence-corrected chi connectivity index (χ3v) is 12.4. The number of esters is 1. The van der Waals surface area contributed by atoms with Crippen LogP contribution in [0.5, 0.6) is 28.7 Å². The Bertz CT molecular complexity index is 2360. The minimum Gasteiger partial charge on any atom is -0.504 e. The number of rotatable bonds is 7. The number of piperazine rings is 1. The minimum atomic E-state index is -1.15. The largest absolute Gasteiger partial charge is 0.504 e. The van der Waals surface area contributed by atoms with Gasteiger partial charge in [-0.25, -0.2) is 9.59 Å². The summed E-state index contributed by atoms with van der Waals surface area (Å²) in [4.78, 5) is 56.1. The summed E-state index contributed by atoms with van der Waals surface area (Å²) in [5, 5.41) is 26.5. The zero-order chi connectivity index (χ0) is 39.7. The van der Waals surface area contributed by atoms with E-state index in [0.717, 1.165) is 11.1 Å². The molecule has 3 N–H and O–H groups in total. The van der Waals surface area contributed by atoms with E-state index in [1.54, 1.807) is 43.0 Å². The number of phenols is 1. The molecule has 56 heavy (non-hydrogen) atoms. The Morgan fingerprint density at radius 2 is 1.80 bits per heavy atom. The van der Waals surface area contributed by atoms with Crippen molar-refractivity contribution in [2.75, 3.05) is 33.3 Å². The lowest BCUT2D eigenvalue weighted by Gasteiger charge is -2.61. The molecule has 15 nitrogen and oxygen atoms in total. The molecule has 0 saturated carbocycles. The highest BCUT2D eigenvalue weighted by molar-refractivity contribution is 7.99. The standard InChI is InChI=1S/C40H41N3O12S/c1-7-56-36-28-27(35-34(52-16-53-35)18(3)33(28)54-19(4)44)24(15-51-40(49)41-37(46)22-13-20-10-8-9-11-25(20)55-39(22)48)43-30(36)29-26-21(14-23(38(43)47)42(29)5)12-17(2)32(50-6)31(26)45/h8-13,23-24,29-30,36,38,45,47H,7,14-16H2,1-6H3,(H,41,46,49)/t23-,24-,29-,30+,36+,38-/m0/s1. The highest BCUT2D eigenvalue weighted by atomic mass is 32.2. The Kier molecular flexibility index (Phi) is 9.63. The molecule has 1 fully saturated rings. The van der Waals surface area contributed by atoms with Gasteiger partial charge in [0.1, 0.15) is 29.7 Å². The number of nitrogens with one attached hydrogen (secondary N) is 1. The Labute approximate surface area is 325 Å². The Balaban J connectivity index is 1.26. The third kappa shape index (κ3) is 5.85. The molecular weight excluding hydrogens is 747 g/mol. The fraction of sp³-hybridized carbons (Fsp3) is 0.400. The number of benzene rings is 3. The van der Waals surface area contributed by atoms with Crippen LogP contribution in [-0.4, -0.2) is 89.6 Å². The van der Waals surface area contributed by atoms with Gasteiger partial charge < -0.3 is 38.3 Å². The molecule has 16 heteroatoms. The topological polar surface area (TPSA) is 187 Å². The molecule has 2 amide bonds. The number of ether oxygens (including phenoxy) is 5. The van der Waals surface area contributed by atoms with E-state index in [0.29, 0.717) is 57.1 Å². The molecule has 0 aliphatic carbocycles. The molecular formula is C40H41N3O12S. The molecule has 0 unspecified atom stereocenters. The molecule has 1 saturated heterocycles. The van der Waals surface area contributed by atoms with Crippen molar-refractivity contribution in [1.29, 1.82) is 0 Å². The van der Waals surface area contributed by atoms with Crippen molar-refractivity contribution < 1.29 is 52.7 Å². The average molecular weight is 788 g/mol. The number of phenolic OH excluding ortho intramolecular Hbond substituents is 1. The number of likely N-dealkylation sites (N-methyl/N-ethyl adjacent to an activating group) is 1. The molecule has 6 atom stereocenters. The molecule has 4 aliphatic rings. The van der Waals surface area contributed by atoms with Gasteiger partial charge in [-0.05, 0) is 56.3 Å². The smallest absolute Gasteiger partial charge is 0.414 e. The fourth-order valence-corrected chi connectivity index (χ4v) is 10.2. The van der Waals surface area contributed by atoms with Crippen LogP contribution >= 0.6 is 11.8 Å². The third-order valence-electron chi connectivity index (χ3n) is 11.2. The van der Waals surface area contributed by atoms with Crippen LogP contribution in [-0.2, 0) is 16.0 Å². The van der Waals surface area contributed by atoms with E-state index in [1.165, 1.54) is 20.1 Å². The van der Waals surface area contributed by atoms with Crippen LogP contribution in [0, 0.1) is 13.8 Å². The normalized spacial score (nSPS) is 23.5. The molecule has 0 radical (unpaired) electrons. The maximum Gasteiger partial charge on any atom is 0.414 e. The quantitative estimate of drug-likeness (QED) is 0.132. The lowest BCUT2D eigenvalue weighted by atomic mass is 9.73. The van der Waals surface area contributed by atoms with E-state index in [-0.39, 0.29) is 29.4 Å². The van der Waals surface area contributed by atoms with Gasteiger partial charge >= 0.3 is 17.7 Å². The van der Waals surface area contributed by atoms with Crippen LogP contribution in [0.1, 0.15) is 74.9 Å². The van der Waals surface area contributed by atoms with Gasteiger partial charge in [0, 0.05) is 40.6 Å². The lowest BCUT2D eigenvalue weighted by Crippen LogP contribution is -2.69. The molecule has 5 heterocycles. The summed E-state index contributed by atoms with van der Waals surface area (Å²) in [6.45, 7) is 6.37. The number of aliphatic hydroxyl groups is 1. The Hall–Kier alpha value is -5.29. The van der Waals surface area contributed by atoms with E-state index in [2.05, 4.69) is 10.2 Å². The summed E-state index contributed by atoms with van der Waals surface area (Å²) in [6.07, 6.45) is -1.92. The monoisotopic (exact) mass is 787 g/mol. The van der Waals surface area contributed by atoms with E-state index in [4.69, 9.17) is 28.1 Å². The number of hydrogen-bond donors (Lipinski definition) is 3. The first-order valence-corrected chi connectivity index (χ1v) is 19.2. The minimum absolute atomic E-state index is 0.00822. The SMILES string of the molecule is CCS[C@@H]1c2c(OC(C)=O)c(C)c3c(c2[C@H](COC(=O)NC(=O)c2cc4ccccc4oc2=O)N2[C@@H]1[C@@H]1c4c(cc(C)c(OC)c4O)C[C@@H]([C@@H]2O)N1C)OCO3. The van der Waals surface area contributed by atoms with Gasteiger partial charge in [-0.3, -0.25) is 24.7 Å². The predicted octanol–water partition coefficient (Wildman–Crippen LogP) is 4.79. The lowest BCUT2D eigenvalue weighted by molar-refractivity contribution is -0.178. The van der Waals surface area contributed by atoms with Crippen LogP contribution < -0.4 is 29.9 Å². The van der Waals surface area contributed by atoms with Crippen molar-refractivity contribution in [3.63, 3.8) is 0 Å². The number of fused-ring (bicyclic) bond motifs is 10. The first-order valence-electron chi connectivity index (χ1n) is 18.2. The number of methoxy groups -OCH3 is 1. The second kappa shape index (κ2) is 14.3. The molecule has 4 aromatic rings. The first kappa shape index (κ1) is 37.6. The number of amides is 2. The predicted molar refractivity (Wildman–Crippen MR) is 203 cm³/mol. The molecule has 294 valence electrons. The van der Waals surface area contributed by atoms with Crippen LogP contribution in [0.2, 0.25) is 0 Å². The summed E-state index contributed by atoms with van der Waals surface area (Å²) < 4.78 is 34.8. The summed E-state index contributed by atoms with van der Waals surface area (Å²) in [5.41, 5.74) is 2.84. The van der Waals surface area contributed by atoms with Crippen LogP contribution in [0.3, 0.4) is 0 Å². The van der Waals surface area contributed by atoms with Crippen molar-refractivity contribution in [2.45, 2.75) is 69.8 Å². The second-order valence-electron chi connectivity index (χ2n) is 14.3. The number of hydrogen-bond acceptors (Lipinski definition) is 15. The number of para-hydroxylation sites is 1. The number of aromatic hydroxyl groups is 1. The highest BCUT2D eigenvalue weighted by Crippen LogP contribution is 2.63.